The minimum absolute atomic E-state index is 0.598. The van der Waals surface area contributed by atoms with Gasteiger partial charge in [0.05, 0.1) is 5.52 Å². The van der Waals surface area contributed by atoms with Crippen molar-refractivity contribution in [2.24, 2.45) is 0 Å². The van der Waals surface area contributed by atoms with Gasteiger partial charge >= 0.3 is 0 Å². The molecule has 2 aromatic rings. The van der Waals surface area contributed by atoms with Crippen LogP contribution in [0.3, 0.4) is 0 Å². The van der Waals surface area contributed by atoms with Crippen molar-refractivity contribution in [3.63, 3.8) is 0 Å². The first-order valence-electron chi connectivity index (χ1n) is 5.65. The van der Waals surface area contributed by atoms with Crippen LogP contribution in [0.15, 0.2) is 18.3 Å². The zero-order valence-electron chi connectivity index (χ0n) is 9.20. The van der Waals surface area contributed by atoms with Crippen molar-refractivity contribution in [3.8, 4) is 0 Å². The first-order valence-corrected chi connectivity index (χ1v) is 6.02. The summed E-state index contributed by atoms with van der Waals surface area (Å²) in [4.78, 5) is 4.49. The summed E-state index contributed by atoms with van der Waals surface area (Å²) in [5, 5.41) is 3.72. The molecule has 3 rings (SSSR count). The fraction of sp³-hybridized carbons (Fsp3) is 0.417. The van der Waals surface area contributed by atoms with Gasteiger partial charge in [-0.1, -0.05) is 18.0 Å². The summed E-state index contributed by atoms with van der Waals surface area (Å²) < 4.78 is 2.12. The third kappa shape index (κ3) is 1.39. The van der Waals surface area contributed by atoms with E-state index in [1.807, 2.05) is 25.4 Å². The molecule has 1 aliphatic rings. The van der Waals surface area contributed by atoms with E-state index in [1.54, 1.807) is 0 Å². The minimum atomic E-state index is 0.598. The monoisotopic (exact) mass is 235 g/mol. The van der Waals surface area contributed by atoms with Gasteiger partial charge in [-0.15, -0.1) is 0 Å². The van der Waals surface area contributed by atoms with Crippen molar-refractivity contribution in [1.82, 2.24) is 9.38 Å². The molecule has 0 unspecified atom stereocenters. The van der Waals surface area contributed by atoms with Crippen LogP contribution in [-0.4, -0.2) is 16.4 Å². The lowest BCUT2D eigenvalue weighted by atomic mass is 9.85. The summed E-state index contributed by atoms with van der Waals surface area (Å²) in [7, 11) is 1.91. The Hall–Kier alpha value is -1.22. The van der Waals surface area contributed by atoms with Crippen LogP contribution in [-0.2, 0) is 0 Å². The third-order valence-electron chi connectivity index (χ3n) is 3.38. The summed E-state index contributed by atoms with van der Waals surface area (Å²) in [6, 6.07) is 4.09. The normalized spacial score (nSPS) is 16.4. The maximum Gasteiger partial charge on any atom is 0.155 e. The second kappa shape index (κ2) is 3.67. The summed E-state index contributed by atoms with van der Waals surface area (Å²) >= 11 is 6.17. The number of aromatic nitrogens is 2. The van der Waals surface area contributed by atoms with E-state index in [9.17, 15) is 0 Å². The molecule has 0 atom stereocenters. The fourth-order valence-corrected chi connectivity index (χ4v) is 2.41. The fourth-order valence-electron chi connectivity index (χ4n) is 2.18. The Balaban J connectivity index is 2.16. The van der Waals surface area contributed by atoms with E-state index in [4.69, 9.17) is 11.6 Å². The van der Waals surface area contributed by atoms with E-state index >= 15 is 0 Å². The number of hydrogen-bond acceptors (Lipinski definition) is 2. The highest BCUT2D eigenvalue weighted by Crippen LogP contribution is 2.37. The Labute approximate surface area is 99.4 Å². The van der Waals surface area contributed by atoms with Gasteiger partial charge in [-0.3, -0.25) is 0 Å². The van der Waals surface area contributed by atoms with Crippen molar-refractivity contribution in [1.29, 1.82) is 0 Å². The molecule has 0 aromatic carbocycles. The number of pyridine rings is 1. The molecule has 0 aliphatic heterocycles. The highest BCUT2D eigenvalue weighted by molar-refractivity contribution is 6.32. The first kappa shape index (κ1) is 9.97. The van der Waals surface area contributed by atoms with Gasteiger partial charge < -0.3 is 9.72 Å². The highest BCUT2D eigenvalue weighted by Gasteiger charge is 2.25. The zero-order chi connectivity index (χ0) is 11.1. The van der Waals surface area contributed by atoms with Crippen LogP contribution < -0.4 is 5.32 Å². The van der Waals surface area contributed by atoms with Gasteiger partial charge in [0, 0.05) is 24.8 Å². The molecule has 1 saturated carbocycles. The van der Waals surface area contributed by atoms with Gasteiger partial charge in [0.25, 0.3) is 0 Å². The molecular weight excluding hydrogens is 222 g/mol. The number of nitrogens with one attached hydrogen (secondary N) is 1. The molecule has 84 valence electrons. The van der Waals surface area contributed by atoms with E-state index in [1.165, 1.54) is 19.3 Å². The molecule has 1 N–H and O–H groups in total. The lowest BCUT2D eigenvalue weighted by Gasteiger charge is -2.23. The molecule has 1 aliphatic carbocycles. The van der Waals surface area contributed by atoms with Gasteiger partial charge in [0.15, 0.2) is 5.15 Å². The molecule has 0 radical (unpaired) electrons. The van der Waals surface area contributed by atoms with Crippen LogP contribution >= 0.6 is 11.6 Å². The Morgan fingerprint density at radius 3 is 2.94 bits per heavy atom. The highest BCUT2D eigenvalue weighted by atomic mass is 35.5. The van der Waals surface area contributed by atoms with Crippen LogP contribution in [0.1, 0.15) is 31.0 Å². The molecule has 3 nitrogen and oxygen atoms in total. The Bertz CT molecular complexity index is 528. The lowest BCUT2D eigenvalue weighted by Crippen LogP contribution is -2.12. The third-order valence-corrected chi connectivity index (χ3v) is 3.66. The predicted octanol–water partition coefficient (Wildman–Crippen LogP) is 3.30. The average molecular weight is 236 g/mol. The lowest BCUT2D eigenvalue weighted by molar-refractivity contribution is 0.400. The van der Waals surface area contributed by atoms with Crippen LogP contribution in [0.5, 0.6) is 0 Å². The van der Waals surface area contributed by atoms with Crippen LogP contribution in [0.4, 0.5) is 5.69 Å². The molecule has 2 heterocycles. The smallest absolute Gasteiger partial charge is 0.155 e. The number of anilines is 1. The first-order chi connectivity index (χ1) is 7.79. The number of hydrogen-bond donors (Lipinski definition) is 1. The second-order valence-electron chi connectivity index (χ2n) is 4.31. The SMILES string of the molecule is CNc1ccn2c(C3CCC3)nc(Cl)c2c1. The van der Waals surface area contributed by atoms with Gasteiger partial charge in [0.2, 0.25) is 0 Å². The molecule has 2 aromatic heterocycles. The van der Waals surface area contributed by atoms with E-state index in [0.717, 1.165) is 17.0 Å². The van der Waals surface area contributed by atoms with Crippen LogP contribution in [0, 0.1) is 0 Å². The van der Waals surface area contributed by atoms with E-state index in [2.05, 4.69) is 14.7 Å². The number of halogens is 1. The van der Waals surface area contributed by atoms with Crippen molar-refractivity contribution < 1.29 is 0 Å². The van der Waals surface area contributed by atoms with E-state index < -0.39 is 0 Å². The number of rotatable bonds is 2. The summed E-state index contributed by atoms with van der Waals surface area (Å²) in [5.41, 5.74) is 2.06. The second-order valence-corrected chi connectivity index (χ2v) is 4.67. The molecule has 4 heteroatoms. The Kier molecular flexibility index (Phi) is 2.28. The predicted molar refractivity (Wildman–Crippen MR) is 66.3 cm³/mol. The van der Waals surface area contributed by atoms with Crippen molar-refractivity contribution in [2.75, 3.05) is 12.4 Å². The average Bonchev–Trinajstić information content (AvgIpc) is 2.54. The topological polar surface area (TPSA) is 29.3 Å². The van der Waals surface area contributed by atoms with Gasteiger partial charge in [0.1, 0.15) is 5.82 Å². The molecule has 0 spiro atoms. The molecular formula is C12H14ClN3. The number of nitrogens with zero attached hydrogens (tertiary/aromatic N) is 2. The molecule has 1 fully saturated rings. The van der Waals surface area contributed by atoms with E-state index in [-0.39, 0.29) is 0 Å². The molecule has 0 amide bonds. The number of imidazole rings is 1. The Morgan fingerprint density at radius 2 is 2.31 bits per heavy atom. The van der Waals surface area contributed by atoms with Gasteiger partial charge in [-0.2, -0.15) is 0 Å². The zero-order valence-corrected chi connectivity index (χ0v) is 9.96. The minimum Gasteiger partial charge on any atom is -0.388 e. The van der Waals surface area contributed by atoms with Crippen molar-refractivity contribution in [2.45, 2.75) is 25.2 Å². The largest absolute Gasteiger partial charge is 0.388 e. The Morgan fingerprint density at radius 1 is 1.50 bits per heavy atom. The van der Waals surface area contributed by atoms with Crippen LogP contribution in [0.25, 0.3) is 5.52 Å². The summed E-state index contributed by atoms with van der Waals surface area (Å²) in [6.07, 6.45) is 5.84. The van der Waals surface area contributed by atoms with E-state index in [0.29, 0.717) is 11.1 Å². The standard InChI is InChI=1S/C12H14ClN3/c1-14-9-5-6-16-10(7-9)11(13)15-12(16)8-3-2-4-8/h5-8,14H,2-4H2,1H3. The summed E-state index contributed by atoms with van der Waals surface area (Å²) in [5.74, 6) is 1.72. The summed E-state index contributed by atoms with van der Waals surface area (Å²) in [6.45, 7) is 0. The maximum atomic E-state index is 6.17. The maximum absolute atomic E-state index is 6.17. The van der Waals surface area contributed by atoms with Crippen molar-refractivity contribution in [3.05, 3.63) is 29.3 Å². The molecule has 0 bridgehead atoms. The quantitative estimate of drug-likeness (QED) is 0.866. The van der Waals surface area contributed by atoms with Gasteiger partial charge in [-0.05, 0) is 25.0 Å². The van der Waals surface area contributed by atoms with Crippen molar-refractivity contribution >= 4 is 22.8 Å². The van der Waals surface area contributed by atoms with Gasteiger partial charge in [-0.25, -0.2) is 4.98 Å². The molecule has 0 saturated heterocycles. The number of fused-ring (bicyclic) bond motifs is 1. The van der Waals surface area contributed by atoms with Crippen LogP contribution in [0.2, 0.25) is 5.15 Å². The molecule has 16 heavy (non-hydrogen) atoms.